The fourth-order valence-corrected chi connectivity index (χ4v) is 2.09. The zero-order valence-electron chi connectivity index (χ0n) is 8.70. The summed E-state index contributed by atoms with van der Waals surface area (Å²) in [6.07, 6.45) is 7.86. The summed E-state index contributed by atoms with van der Waals surface area (Å²) in [5.74, 6) is 0.671. The summed E-state index contributed by atoms with van der Waals surface area (Å²) in [6, 6.07) is 0. The molecule has 1 aliphatic rings. The first-order valence-corrected chi connectivity index (χ1v) is 5.50. The number of amides is 1. The Hall–Kier alpha value is -1.39. The van der Waals surface area contributed by atoms with E-state index < -0.39 is 0 Å². The molecule has 2 rings (SSSR count). The van der Waals surface area contributed by atoms with Crippen LogP contribution in [0.3, 0.4) is 0 Å². The molecule has 1 saturated carbocycles. The van der Waals surface area contributed by atoms with Crippen molar-refractivity contribution in [3.8, 4) is 0 Å². The molecule has 5 heteroatoms. The fourth-order valence-electron chi connectivity index (χ4n) is 2.09. The highest BCUT2D eigenvalue weighted by Gasteiger charge is 2.15. The van der Waals surface area contributed by atoms with Gasteiger partial charge >= 0.3 is 0 Å². The molecule has 82 valence electrons. The summed E-state index contributed by atoms with van der Waals surface area (Å²) in [5.41, 5.74) is 0.362. The third kappa shape index (κ3) is 2.78. The number of hydrogen-bond donors (Lipinski definition) is 2. The van der Waals surface area contributed by atoms with Gasteiger partial charge in [0.05, 0.1) is 6.20 Å². The van der Waals surface area contributed by atoms with Crippen molar-refractivity contribution in [2.24, 2.45) is 5.92 Å². The number of aromatic nitrogens is 3. The normalized spacial score (nSPS) is 16.8. The average molecular weight is 208 g/mol. The lowest BCUT2D eigenvalue weighted by molar-refractivity contribution is 0.0946. The highest BCUT2D eigenvalue weighted by Crippen LogP contribution is 2.26. The number of rotatable bonds is 4. The fraction of sp³-hybridized carbons (Fsp3) is 0.700. The maximum Gasteiger partial charge on any atom is 0.273 e. The van der Waals surface area contributed by atoms with Gasteiger partial charge in [-0.05, 0) is 12.3 Å². The Bertz CT molecular complexity index is 303. The van der Waals surface area contributed by atoms with E-state index in [-0.39, 0.29) is 5.91 Å². The predicted molar refractivity (Wildman–Crippen MR) is 55.3 cm³/mol. The standard InChI is InChI=1S/C10H16N4O/c15-10(9-7-12-14-13-9)11-6-5-8-3-1-2-4-8/h7-8H,1-6H2,(H,11,15)(H,12,13,14). The number of hydrogen-bond acceptors (Lipinski definition) is 3. The van der Waals surface area contributed by atoms with E-state index in [1.165, 1.54) is 31.9 Å². The zero-order valence-corrected chi connectivity index (χ0v) is 8.70. The first kappa shape index (κ1) is 10.1. The lowest BCUT2D eigenvalue weighted by Gasteiger charge is -2.08. The number of carbonyl (C=O) groups excluding carboxylic acids is 1. The van der Waals surface area contributed by atoms with Crippen molar-refractivity contribution in [3.63, 3.8) is 0 Å². The van der Waals surface area contributed by atoms with Gasteiger partial charge in [0.25, 0.3) is 5.91 Å². The molecule has 0 unspecified atom stereocenters. The second kappa shape index (κ2) is 4.91. The van der Waals surface area contributed by atoms with Crippen molar-refractivity contribution in [2.45, 2.75) is 32.1 Å². The molecule has 1 aromatic rings. The molecule has 0 aliphatic heterocycles. The number of aromatic amines is 1. The smallest absolute Gasteiger partial charge is 0.273 e. The van der Waals surface area contributed by atoms with Crippen LogP contribution in [0.4, 0.5) is 0 Å². The summed E-state index contributed by atoms with van der Waals surface area (Å²) in [7, 11) is 0. The molecule has 0 saturated heterocycles. The number of nitrogens with one attached hydrogen (secondary N) is 2. The van der Waals surface area contributed by atoms with Crippen LogP contribution in [-0.2, 0) is 0 Å². The number of nitrogens with zero attached hydrogens (tertiary/aromatic N) is 2. The Morgan fingerprint density at radius 1 is 1.53 bits per heavy atom. The summed E-state index contributed by atoms with van der Waals surface area (Å²) in [5, 5.41) is 12.6. The van der Waals surface area contributed by atoms with Crippen LogP contribution in [0, 0.1) is 5.92 Å². The molecule has 1 aromatic heterocycles. The Kier molecular flexibility index (Phi) is 3.32. The quantitative estimate of drug-likeness (QED) is 0.778. The Morgan fingerprint density at radius 2 is 2.33 bits per heavy atom. The lowest BCUT2D eigenvalue weighted by Crippen LogP contribution is -2.25. The average Bonchev–Trinajstić information content (AvgIpc) is 2.90. The zero-order chi connectivity index (χ0) is 10.5. The largest absolute Gasteiger partial charge is 0.351 e. The van der Waals surface area contributed by atoms with Gasteiger partial charge in [0, 0.05) is 6.54 Å². The van der Waals surface area contributed by atoms with E-state index in [1.807, 2.05) is 0 Å². The predicted octanol–water partition coefficient (Wildman–Crippen LogP) is 1.11. The van der Waals surface area contributed by atoms with Crippen LogP contribution in [0.5, 0.6) is 0 Å². The Balaban J connectivity index is 1.67. The van der Waals surface area contributed by atoms with E-state index in [9.17, 15) is 4.79 Å². The highest BCUT2D eigenvalue weighted by atomic mass is 16.1. The molecule has 1 fully saturated rings. The summed E-state index contributed by atoms with van der Waals surface area (Å²) in [6.45, 7) is 0.746. The van der Waals surface area contributed by atoms with Gasteiger partial charge in [-0.25, -0.2) is 0 Å². The minimum absolute atomic E-state index is 0.137. The third-order valence-corrected chi connectivity index (χ3v) is 2.96. The molecule has 15 heavy (non-hydrogen) atoms. The number of H-pyrrole nitrogens is 1. The molecular weight excluding hydrogens is 192 g/mol. The lowest BCUT2D eigenvalue weighted by atomic mass is 10.0. The van der Waals surface area contributed by atoms with E-state index in [0.29, 0.717) is 5.69 Å². The maximum absolute atomic E-state index is 11.4. The van der Waals surface area contributed by atoms with Crippen molar-refractivity contribution >= 4 is 5.91 Å². The molecule has 1 heterocycles. The van der Waals surface area contributed by atoms with Gasteiger partial charge in [-0.2, -0.15) is 15.4 Å². The first-order valence-electron chi connectivity index (χ1n) is 5.50. The molecule has 0 atom stereocenters. The van der Waals surface area contributed by atoms with Crippen LogP contribution in [0.2, 0.25) is 0 Å². The Morgan fingerprint density at radius 3 is 3.00 bits per heavy atom. The summed E-state index contributed by atoms with van der Waals surface area (Å²) < 4.78 is 0. The summed E-state index contributed by atoms with van der Waals surface area (Å²) >= 11 is 0. The molecule has 0 spiro atoms. The van der Waals surface area contributed by atoms with Crippen LogP contribution < -0.4 is 5.32 Å². The van der Waals surface area contributed by atoms with Gasteiger partial charge < -0.3 is 5.32 Å². The van der Waals surface area contributed by atoms with E-state index in [2.05, 4.69) is 20.7 Å². The van der Waals surface area contributed by atoms with Gasteiger partial charge in [-0.15, -0.1) is 0 Å². The highest BCUT2D eigenvalue weighted by molar-refractivity contribution is 5.91. The molecular formula is C10H16N4O. The molecule has 1 aliphatic carbocycles. The SMILES string of the molecule is O=C(NCCC1CCCC1)c1cn[nH]n1. The topological polar surface area (TPSA) is 70.7 Å². The van der Waals surface area contributed by atoms with Crippen LogP contribution in [0.15, 0.2) is 6.20 Å². The van der Waals surface area contributed by atoms with Crippen LogP contribution in [0.25, 0.3) is 0 Å². The van der Waals surface area contributed by atoms with Crippen molar-refractivity contribution in [1.29, 1.82) is 0 Å². The molecule has 2 N–H and O–H groups in total. The van der Waals surface area contributed by atoms with Crippen molar-refractivity contribution in [3.05, 3.63) is 11.9 Å². The van der Waals surface area contributed by atoms with Gasteiger partial charge in [-0.3, -0.25) is 4.79 Å². The van der Waals surface area contributed by atoms with E-state index in [0.717, 1.165) is 18.9 Å². The second-order valence-electron chi connectivity index (χ2n) is 4.05. The second-order valence-corrected chi connectivity index (χ2v) is 4.05. The van der Waals surface area contributed by atoms with Crippen LogP contribution >= 0.6 is 0 Å². The molecule has 0 bridgehead atoms. The molecule has 0 aromatic carbocycles. The molecule has 0 radical (unpaired) electrons. The first-order chi connectivity index (χ1) is 7.36. The molecule has 5 nitrogen and oxygen atoms in total. The molecule has 1 amide bonds. The maximum atomic E-state index is 11.4. The van der Waals surface area contributed by atoms with Crippen molar-refractivity contribution < 1.29 is 4.79 Å². The third-order valence-electron chi connectivity index (χ3n) is 2.96. The monoisotopic (exact) mass is 208 g/mol. The van der Waals surface area contributed by atoms with E-state index in [1.54, 1.807) is 0 Å². The Labute approximate surface area is 88.6 Å². The van der Waals surface area contributed by atoms with Gasteiger partial charge in [0.15, 0.2) is 5.69 Å². The van der Waals surface area contributed by atoms with Crippen LogP contribution in [0.1, 0.15) is 42.6 Å². The van der Waals surface area contributed by atoms with Crippen LogP contribution in [-0.4, -0.2) is 27.9 Å². The summed E-state index contributed by atoms with van der Waals surface area (Å²) in [4.78, 5) is 11.4. The minimum atomic E-state index is -0.137. The number of carbonyl (C=O) groups is 1. The van der Waals surface area contributed by atoms with Gasteiger partial charge in [-0.1, -0.05) is 25.7 Å². The minimum Gasteiger partial charge on any atom is -0.351 e. The van der Waals surface area contributed by atoms with Gasteiger partial charge in [0.1, 0.15) is 0 Å². The van der Waals surface area contributed by atoms with E-state index in [4.69, 9.17) is 0 Å². The van der Waals surface area contributed by atoms with Crippen molar-refractivity contribution in [2.75, 3.05) is 6.54 Å². The van der Waals surface area contributed by atoms with E-state index >= 15 is 0 Å². The van der Waals surface area contributed by atoms with Gasteiger partial charge in [0.2, 0.25) is 0 Å². The van der Waals surface area contributed by atoms with Crippen molar-refractivity contribution in [1.82, 2.24) is 20.7 Å².